The van der Waals surface area contributed by atoms with Crippen molar-refractivity contribution in [3.05, 3.63) is 36.0 Å². The van der Waals surface area contributed by atoms with Gasteiger partial charge in [-0.1, -0.05) is 31.5 Å². The van der Waals surface area contributed by atoms with Gasteiger partial charge in [-0.15, -0.1) is 0 Å². The van der Waals surface area contributed by atoms with E-state index in [2.05, 4.69) is 13.0 Å². The monoisotopic (exact) mass is 287 g/mol. The third kappa shape index (κ3) is 3.72. The van der Waals surface area contributed by atoms with Crippen LogP contribution in [0.25, 0.3) is 10.9 Å². The van der Waals surface area contributed by atoms with Crippen LogP contribution in [0, 0.1) is 0 Å². The fraction of sp³-hybridized carbons (Fsp3) is 0.412. The largest absolute Gasteiger partial charge is 0.481 e. The van der Waals surface area contributed by atoms with Crippen LogP contribution in [-0.4, -0.2) is 21.6 Å². The highest BCUT2D eigenvalue weighted by Gasteiger charge is 2.14. The molecular weight excluding hydrogens is 266 g/mol. The summed E-state index contributed by atoms with van der Waals surface area (Å²) in [5.74, 6) is -0.866. The zero-order chi connectivity index (χ0) is 15.2. The molecular formula is C17H21NO3. The Balaban J connectivity index is 2.26. The first-order chi connectivity index (χ1) is 10.1. The van der Waals surface area contributed by atoms with Crippen molar-refractivity contribution >= 4 is 22.8 Å². The van der Waals surface area contributed by atoms with Crippen LogP contribution in [0.3, 0.4) is 0 Å². The summed E-state index contributed by atoms with van der Waals surface area (Å²) in [6, 6.07) is 9.91. The second kappa shape index (κ2) is 7.07. The number of carboxylic acids is 1. The fourth-order valence-electron chi connectivity index (χ4n) is 2.55. The van der Waals surface area contributed by atoms with Crippen LogP contribution in [0.15, 0.2) is 30.3 Å². The zero-order valence-corrected chi connectivity index (χ0v) is 12.3. The Labute approximate surface area is 124 Å². The van der Waals surface area contributed by atoms with Crippen molar-refractivity contribution in [1.82, 2.24) is 4.57 Å². The van der Waals surface area contributed by atoms with Gasteiger partial charge in [0.05, 0.1) is 5.52 Å². The molecule has 0 radical (unpaired) electrons. The molecule has 1 N–H and O–H groups in total. The van der Waals surface area contributed by atoms with Crippen molar-refractivity contribution < 1.29 is 14.7 Å². The average molecular weight is 287 g/mol. The van der Waals surface area contributed by atoms with Gasteiger partial charge in [-0.05, 0) is 31.4 Å². The van der Waals surface area contributed by atoms with Gasteiger partial charge in [0.2, 0.25) is 5.91 Å². The number of para-hydroxylation sites is 1. The van der Waals surface area contributed by atoms with Crippen molar-refractivity contribution in [3.63, 3.8) is 0 Å². The first-order valence-electron chi connectivity index (χ1n) is 7.48. The fourth-order valence-corrected chi connectivity index (χ4v) is 2.55. The molecule has 4 heteroatoms. The van der Waals surface area contributed by atoms with Gasteiger partial charge in [0.25, 0.3) is 0 Å². The Morgan fingerprint density at radius 2 is 1.90 bits per heavy atom. The number of unbranched alkanes of at least 4 members (excludes halogenated alkanes) is 1. The van der Waals surface area contributed by atoms with E-state index in [0.717, 1.165) is 35.9 Å². The van der Waals surface area contributed by atoms with Crippen LogP contribution in [0.4, 0.5) is 0 Å². The number of aryl methyl sites for hydroxylation is 1. The van der Waals surface area contributed by atoms with E-state index in [1.54, 1.807) is 4.57 Å². The number of hydrogen-bond donors (Lipinski definition) is 1. The summed E-state index contributed by atoms with van der Waals surface area (Å²) in [7, 11) is 0. The number of fused-ring (bicyclic) bond motifs is 1. The highest BCUT2D eigenvalue weighted by Crippen LogP contribution is 2.22. The third-order valence-electron chi connectivity index (χ3n) is 3.60. The van der Waals surface area contributed by atoms with E-state index < -0.39 is 5.97 Å². The highest BCUT2D eigenvalue weighted by molar-refractivity contribution is 5.93. The molecule has 0 amide bonds. The predicted molar refractivity (Wildman–Crippen MR) is 82.7 cm³/mol. The molecule has 0 fully saturated rings. The molecule has 0 bridgehead atoms. The standard InChI is InChI=1S/C17H21NO3/c1-2-3-8-14-12-13-7-4-5-9-15(13)18(14)16(19)10-6-11-17(20)21/h4-5,7,9,12H,2-3,6,8,10-11H2,1H3,(H,20,21). The van der Waals surface area contributed by atoms with Crippen molar-refractivity contribution in [2.24, 2.45) is 0 Å². The maximum Gasteiger partial charge on any atom is 0.303 e. The maximum absolute atomic E-state index is 12.5. The molecule has 1 heterocycles. The molecule has 2 rings (SSSR count). The number of aliphatic carboxylic acids is 1. The van der Waals surface area contributed by atoms with E-state index in [1.165, 1.54) is 0 Å². The van der Waals surface area contributed by atoms with Gasteiger partial charge >= 0.3 is 5.97 Å². The van der Waals surface area contributed by atoms with Crippen LogP contribution < -0.4 is 0 Å². The van der Waals surface area contributed by atoms with Gasteiger partial charge in [0, 0.05) is 23.9 Å². The molecule has 0 spiro atoms. The normalized spacial score (nSPS) is 10.9. The smallest absolute Gasteiger partial charge is 0.303 e. The van der Waals surface area contributed by atoms with Crippen LogP contribution in [0.5, 0.6) is 0 Å². The van der Waals surface area contributed by atoms with E-state index in [0.29, 0.717) is 6.42 Å². The number of hydrogen-bond acceptors (Lipinski definition) is 2. The van der Waals surface area contributed by atoms with Gasteiger partial charge in [-0.3, -0.25) is 14.2 Å². The lowest BCUT2D eigenvalue weighted by molar-refractivity contribution is -0.137. The van der Waals surface area contributed by atoms with Gasteiger partial charge in [-0.2, -0.15) is 0 Å². The van der Waals surface area contributed by atoms with Crippen LogP contribution in [-0.2, 0) is 11.2 Å². The summed E-state index contributed by atoms with van der Waals surface area (Å²) in [6.07, 6.45) is 3.68. The number of aromatic nitrogens is 1. The quantitative estimate of drug-likeness (QED) is 0.840. The summed E-state index contributed by atoms with van der Waals surface area (Å²) in [5, 5.41) is 9.75. The molecule has 0 aliphatic carbocycles. The minimum Gasteiger partial charge on any atom is -0.481 e. The molecule has 1 aromatic carbocycles. The summed E-state index contributed by atoms with van der Waals surface area (Å²) < 4.78 is 1.77. The van der Waals surface area contributed by atoms with Gasteiger partial charge < -0.3 is 5.11 Å². The number of carboxylic acid groups (broad SMARTS) is 1. The topological polar surface area (TPSA) is 59.3 Å². The summed E-state index contributed by atoms with van der Waals surface area (Å²) >= 11 is 0. The summed E-state index contributed by atoms with van der Waals surface area (Å²) in [6.45, 7) is 2.13. The predicted octanol–water partition coefficient (Wildman–Crippen LogP) is 3.88. The van der Waals surface area contributed by atoms with E-state index in [1.807, 2.05) is 24.3 Å². The molecule has 0 unspecified atom stereocenters. The van der Waals surface area contributed by atoms with Crippen LogP contribution >= 0.6 is 0 Å². The lowest BCUT2D eigenvalue weighted by atomic mass is 10.2. The minimum absolute atomic E-state index is 0.0106. The van der Waals surface area contributed by atoms with Crippen molar-refractivity contribution in [1.29, 1.82) is 0 Å². The molecule has 21 heavy (non-hydrogen) atoms. The molecule has 0 aliphatic heterocycles. The molecule has 0 aliphatic rings. The van der Waals surface area contributed by atoms with Crippen molar-refractivity contribution in [2.75, 3.05) is 0 Å². The second-order valence-electron chi connectivity index (χ2n) is 5.27. The Bertz CT molecular complexity index is 643. The Hall–Kier alpha value is -2.10. The lowest BCUT2D eigenvalue weighted by Gasteiger charge is -2.09. The molecule has 1 aromatic heterocycles. The number of rotatable bonds is 7. The number of carbonyl (C=O) groups is 2. The molecule has 0 saturated carbocycles. The number of benzene rings is 1. The van der Waals surface area contributed by atoms with E-state index >= 15 is 0 Å². The minimum atomic E-state index is -0.855. The maximum atomic E-state index is 12.5. The van der Waals surface area contributed by atoms with E-state index in [-0.39, 0.29) is 18.7 Å². The van der Waals surface area contributed by atoms with Crippen LogP contribution in [0.1, 0.15) is 49.5 Å². The van der Waals surface area contributed by atoms with Crippen LogP contribution in [0.2, 0.25) is 0 Å². The average Bonchev–Trinajstić information content (AvgIpc) is 2.82. The molecule has 112 valence electrons. The number of carbonyl (C=O) groups excluding carboxylic acids is 1. The lowest BCUT2D eigenvalue weighted by Crippen LogP contribution is -2.14. The van der Waals surface area contributed by atoms with Gasteiger partial charge in [0.1, 0.15) is 0 Å². The molecule has 0 atom stereocenters. The van der Waals surface area contributed by atoms with E-state index in [4.69, 9.17) is 5.11 Å². The summed E-state index contributed by atoms with van der Waals surface area (Å²) in [5.41, 5.74) is 1.95. The van der Waals surface area contributed by atoms with Gasteiger partial charge in [-0.25, -0.2) is 0 Å². The highest BCUT2D eigenvalue weighted by atomic mass is 16.4. The first-order valence-corrected chi connectivity index (χ1v) is 7.48. The number of nitrogens with zero attached hydrogens (tertiary/aromatic N) is 1. The van der Waals surface area contributed by atoms with Crippen molar-refractivity contribution in [2.45, 2.75) is 45.4 Å². The summed E-state index contributed by atoms with van der Waals surface area (Å²) in [4.78, 5) is 23.0. The third-order valence-corrected chi connectivity index (χ3v) is 3.60. The second-order valence-corrected chi connectivity index (χ2v) is 5.27. The Morgan fingerprint density at radius 1 is 1.14 bits per heavy atom. The molecule has 4 nitrogen and oxygen atoms in total. The van der Waals surface area contributed by atoms with Crippen molar-refractivity contribution in [3.8, 4) is 0 Å². The zero-order valence-electron chi connectivity index (χ0n) is 12.3. The Morgan fingerprint density at radius 3 is 2.62 bits per heavy atom. The molecule has 0 saturated heterocycles. The van der Waals surface area contributed by atoms with Gasteiger partial charge in [0.15, 0.2) is 0 Å². The molecule has 2 aromatic rings. The van der Waals surface area contributed by atoms with E-state index in [9.17, 15) is 9.59 Å². The SMILES string of the molecule is CCCCc1cc2ccccc2n1C(=O)CCCC(=O)O. The Kier molecular flexibility index (Phi) is 5.14. The first kappa shape index (κ1) is 15.3.